The van der Waals surface area contributed by atoms with Gasteiger partial charge in [0, 0.05) is 23.5 Å². The first-order chi connectivity index (χ1) is 7.26. The molecule has 3 heteroatoms. The van der Waals surface area contributed by atoms with Gasteiger partial charge in [-0.15, -0.1) is 11.6 Å². The fourth-order valence-corrected chi connectivity index (χ4v) is 1.97. The minimum absolute atomic E-state index is 0.501. The lowest BCUT2D eigenvalue weighted by atomic mass is 10.1. The first-order valence-electron chi connectivity index (χ1n) is 5.30. The third-order valence-electron chi connectivity index (χ3n) is 2.43. The van der Waals surface area contributed by atoms with Gasteiger partial charge in [0.15, 0.2) is 0 Å². The van der Waals surface area contributed by atoms with E-state index in [0.29, 0.717) is 11.9 Å². The molecule has 0 aromatic heterocycles. The van der Waals surface area contributed by atoms with Crippen molar-refractivity contribution in [1.29, 1.82) is 0 Å². The van der Waals surface area contributed by atoms with E-state index < -0.39 is 0 Å². The molecule has 1 atom stereocenters. The van der Waals surface area contributed by atoms with Gasteiger partial charge in [-0.25, -0.2) is 0 Å². The molecule has 0 saturated carbocycles. The Morgan fingerprint density at radius 2 is 2.20 bits per heavy atom. The number of halogens is 2. The fourth-order valence-electron chi connectivity index (χ4n) is 1.49. The van der Waals surface area contributed by atoms with Crippen LogP contribution in [0.5, 0.6) is 0 Å². The SMILES string of the molecule is CCC(CCCl)NCc1cccc(Cl)c1. The Morgan fingerprint density at radius 1 is 1.40 bits per heavy atom. The van der Waals surface area contributed by atoms with E-state index in [1.54, 1.807) is 0 Å². The molecule has 1 unspecified atom stereocenters. The number of alkyl halides is 1. The lowest BCUT2D eigenvalue weighted by Gasteiger charge is -2.15. The van der Waals surface area contributed by atoms with Gasteiger partial charge < -0.3 is 5.32 Å². The predicted molar refractivity (Wildman–Crippen MR) is 67.7 cm³/mol. The zero-order chi connectivity index (χ0) is 11.1. The van der Waals surface area contributed by atoms with Crippen LogP contribution >= 0.6 is 23.2 Å². The van der Waals surface area contributed by atoms with Crippen molar-refractivity contribution in [2.45, 2.75) is 32.4 Å². The Hall–Kier alpha value is -0.240. The lowest BCUT2D eigenvalue weighted by molar-refractivity contribution is 0.486. The Kier molecular flexibility index (Phi) is 6.07. The standard InChI is InChI=1S/C12H17Cl2N/c1-2-12(6-7-13)15-9-10-4-3-5-11(14)8-10/h3-5,8,12,15H,2,6-7,9H2,1H3. The van der Waals surface area contributed by atoms with Gasteiger partial charge in [-0.05, 0) is 30.5 Å². The normalized spacial score (nSPS) is 12.7. The summed E-state index contributed by atoms with van der Waals surface area (Å²) in [5.74, 6) is 0.709. The highest BCUT2D eigenvalue weighted by Gasteiger charge is 2.04. The molecule has 0 radical (unpaired) electrons. The summed E-state index contributed by atoms with van der Waals surface area (Å²) >= 11 is 11.6. The molecular formula is C12H17Cl2N. The van der Waals surface area contributed by atoms with Crippen LogP contribution in [0, 0.1) is 0 Å². The Bertz CT molecular complexity index is 289. The second-order valence-corrected chi connectivity index (χ2v) is 4.41. The van der Waals surface area contributed by atoms with Gasteiger partial charge in [0.2, 0.25) is 0 Å². The quantitative estimate of drug-likeness (QED) is 0.752. The van der Waals surface area contributed by atoms with Gasteiger partial charge >= 0.3 is 0 Å². The smallest absolute Gasteiger partial charge is 0.0409 e. The third-order valence-corrected chi connectivity index (χ3v) is 2.89. The fraction of sp³-hybridized carbons (Fsp3) is 0.500. The largest absolute Gasteiger partial charge is 0.310 e. The minimum Gasteiger partial charge on any atom is -0.310 e. The molecule has 0 bridgehead atoms. The highest BCUT2D eigenvalue weighted by atomic mass is 35.5. The van der Waals surface area contributed by atoms with Crippen LogP contribution in [0.4, 0.5) is 0 Å². The van der Waals surface area contributed by atoms with E-state index >= 15 is 0 Å². The molecule has 1 rings (SSSR count). The summed E-state index contributed by atoms with van der Waals surface area (Å²) < 4.78 is 0. The molecule has 0 aliphatic carbocycles. The van der Waals surface area contributed by atoms with E-state index in [1.807, 2.05) is 18.2 Å². The van der Waals surface area contributed by atoms with Crippen LogP contribution in [0.2, 0.25) is 5.02 Å². The molecule has 1 nitrogen and oxygen atoms in total. The predicted octanol–water partition coefficient (Wildman–Crippen LogP) is 3.84. The monoisotopic (exact) mass is 245 g/mol. The molecule has 1 aromatic rings. The first-order valence-corrected chi connectivity index (χ1v) is 6.21. The molecule has 0 aliphatic rings. The first kappa shape index (κ1) is 12.8. The third kappa shape index (κ3) is 4.87. The molecule has 84 valence electrons. The van der Waals surface area contributed by atoms with Crippen molar-refractivity contribution in [2.75, 3.05) is 5.88 Å². The number of hydrogen-bond donors (Lipinski definition) is 1. The summed E-state index contributed by atoms with van der Waals surface area (Å²) in [6.07, 6.45) is 2.12. The Morgan fingerprint density at radius 3 is 2.80 bits per heavy atom. The number of benzene rings is 1. The maximum atomic E-state index is 5.91. The van der Waals surface area contributed by atoms with Crippen LogP contribution < -0.4 is 5.32 Å². The number of rotatable bonds is 6. The lowest BCUT2D eigenvalue weighted by Crippen LogP contribution is -2.28. The van der Waals surface area contributed by atoms with Crippen LogP contribution in [-0.4, -0.2) is 11.9 Å². The average molecular weight is 246 g/mol. The maximum absolute atomic E-state index is 5.91. The van der Waals surface area contributed by atoms with E-state index in [2.05, 4.69) is 18.3 Å². The summed E-state index contributed by atoms with van der Waals surface area (Å²) in [5.41, 5.74) is 1.22. The Labute approximate surface area is 102 Å². The van der Waals surface area contributed by atoms with Crippen LogP contribution in [0.3, 0.4) is 0 Å². The highest BCUT2D eigenvalue weighted by Crippen LogP contribution is 2.11. The average Bonchev–Trinajstić information content (AvgIpc) is 2.24. The van der Waals surface area contributed by atoms with Crippen LogP contribution in [0.1, 0.15) is 25.3 Å². The summed E-state index contributed by atoms with van der Waals surface area (Å²) in [6.45, 7) is 3.03. The molecule has 0 heterocycles. The van der Waals surface area contributed by atoms with Crippen molar-refractivity contribution >= 4 is 23.2 Å². The van der Waals surface area contributed by atoms with E-state index in [9.17, 15) is 0 Å². The van der Waals surface area contributed by atoms with Crippen molar-refractivity contribution in [2.24, 2.45) is 0 Å². The van der Waals surface area contributed by atoms with Gasteiger partial charge in [-0.3, -0.25) is 0 Å². The van der Waals surface area contributed by atoms with E-state index in [1.165, 1.54) is 5.56 Å². The zero-order valence-corrected chi connectivity index (χ0v) is 10.5. The van der Waals surface area contributed by atoms with E-state index in [0.717, 1.165) is 24.4 Å². The van der Waals surface area contributed by atoms with Crippen LogP contribution in [-0.2, 0) is 6.54 Å². The molecule has 0 spiro atoms. The molecule has 0 fully saturated rings. The van der Waals surface area contributed by atoms with Crippen molar-refractivity contribution in [3.05, 3.63) is 34.9 Å². The molecule has 0 amide bonds. The van der Waals surface area contributed by atoms with Crippen molar-refractivity contribution in [3.63, 3.8) is 0 Å². The summed E-state index contributed by atoms with van der Waals surface area (Å²) in [4.78, 5) is 0. The maximum Gasteiger partial charge on any atom is 0.0409 e. The second-order valence-electron chi connectivity index (χ2n) is 3.59. The van der Waals surface area contributed by atoms with Crippen LogP contribution in [0.15, 0.2) is 24.3 Å². The molecule has 0 aliphatic heterocycles. The molecular weight excluding hydrogens is 229 g/mol. The van der Waals surface area contributed by atoms with Crippen molar-refractivity contribution in [1.82, 2.24) is 5.32 Å². The van der Waals surface area contributed by atoms with Gasteiger partial charge in [0.05, 0.1) is 0 Å². The minimum atomic E-state index is 0.501. The zero-order valence-electron chi connectivity index (χ0n) is 8.97. The highest BCUT2D eigenvalue weighted by molar-refractivity contribution is 6.30. The summed E-state index contributed by atoms with van der Waals surface area (Å²) in [7, 11) is 0. The van der Waals surface area contributed by atoms with Gasteiger partial charge in [-0.1, -0.05) is 30.7 Å². The van der Waals surface area contributed by atoms with Gasteiger partial charge in [0.25, 0.3) is 0 Å². The van der Waals surface area contributed by atoms with E-state index in [4.69, 9.17) is 23.2 Å². The summed E-state index contributed by atoms with van der Waals surface area (Å²) in [6, 6.07) is 8.43. The van der Waals surface area contributed by atoms with Crippen LogP contribution in [0.25, 0.3) is 0 Å². The van der Waals surface area contributed by atoms with Gasteiger partial charge in [0.1, 0.15) is 0 Å². The molecule has 0 saturated heterocycles. The molecule has 1 aromatic carbocycles. The summed E-state index contributed by atoms with van der Waals surface area (Å²) in [5, 5.41) is 4.26. The van der Waals surface area contributed by atoms with Gasteiger partial charge in [-0.2, -0.15) is 0 Å². The van der Waals surface area contributed by atoms with E-state index in [-0.39, 0.29) is 0 Å². The topological polar surface area (TPSA) is 12.0 Å². The van der Waals surface area contributed by atoms with Crippen molar-refractivity contribution < 1.29 is 0 Å². The second kappa shape index (κ2) is 7.10. The van der Waals surface area contributed by atoms with Crippen molar-refractivity contribution in [3.8, 4) is 0 Å². The number of nitrogens with one attached hydrogen (secondary N) is 1. The Balaban J connectivity index is 2.41. The molecule has 1 N–H and O–H groups in total. The number of hydrogen-bond acceptors (Lipinski definition) is 1. The molecule has 15 heavy (non-hydrogen) atoms.